The highest BCUT2D eigenvalue weighted by Crippen LogP contribution is 2.22. The summed E-state index contributed by atoms with van der Waals surface area (Å²) < 4.78 is 3.78. The first-order valence-electron chi connectivity index (χ1n) is 4.13. The third kappa shape index (κ3) is 1.74. The first-order chi connectivity index (χ1) is 7.72. The number of nitrogens with zero attached hydrogens (tertiary/aromatic N) is 4. The fraction of sp³-hybridized carbons (Fsp3) is 0. The Hall–Kier alpha value is -2.33. The standard InChI is InChI=1S/C9H4N4O2S/c10-1-5-2-11-8(12-3-5)6-4-13-16-7(6)9(14)15/h2-4H,(H,14,15). The molecular formula is C9H4N4O2S. The van der Waals surface area contributed by atoms with Gasteiger partial charge in [-0.25, -0.2) is 14.8 Å². The van der Waals surface area contributed by atoms with Crippen LogP contribution in [0, 0.1) is 11.3 Å². The number of hydrogen-bond acceptors (Lipinski definition) is 6. The summed E-state index contributed by atoms with van der Waals surface area (Å²) in [6.45, 7) is 0. The molecule has 0 amide bonds. The highest BCUT2D eigenvalue weighted by molar-refractivity contribution is 7.08. The summed E-state index contributed by atoms with van der Waals surface area (Å²) in [5.41, 5.74) is 0.686. The summed E-state index contributed by atoms with van der Waals surface area (Å²) in [5.74, 6) is -0.810. The second-order valence-electron chi connectivity index (χ2n) is 2.78. The van der Waals surface area contributed by atoms with Gasteiger partial charge in [0.1, 0.15) is 10.9 Å². The molecule has 0 aliphatic rings. The molecule has 0 radical (unpaired) electrons. The molecule has 0 saturated carbocycles. The predicted molar refractivity (Wildman–Crippen MR) is 54.8 cm³/mol. The molecule has 2 aromatic heterocycles. The number of aromatic nitrogens is 3. The molecule has 2 rings (SSSR count). The third-order valence-electron chi connectivity index (χ3n) is 1.79. The van der Waals surface area contributed by atoms with Crippen LogP contribution in [0.1, 0.15) is 15.2 Å². The molecule has 0 aromatic carbocycles. The lowest BCUT2D eigenvalue weighted by atomic mass is 10.2. The molecule has 0 unspecified atom stereocenters. The maximum absolute atomic E-state index is 10.8. The minimum absolute atomic E-state index is 0.0877. The number of nitriles is 1. The Bertz CT molecular complexity index is 570. The van der Waals surface area contributed by atoms with Crippen molar-refractivity contribution in [2.45, 2.75) is 0 Å². The average Bonchev–Trinajstić information content (AvgIpc) is 2.78. The van der Waals surface area contributed by atoms with Crippen LogP contribution < -0.4 is 0 Å². The summed E-state index contributed by atoms with van der Waals surface area (Å²) in [7, 11) is 0. The molecule has 0 bridgehead atoms. The Morgan fingerprint density at radius 1 is 1.38 bits per heavy atom. The van der Waals surface area contributed by atoms with Crippen LogP contribution in [0.2, 0.25) is 0 Å². The van der Waals surface area contributed by atoms with Gasteiger partial charge >= 0.3 is 5.97 Å². The van der Waals surface area contributed by atoms with Crippen molar-refractivity contribution in [2.75, 3.05) is 0 Å². The van der Waals surface area contributed by atoms with Gasteiger partial charge in [-0.05, 0) is 11.5 Å². The smallest absolute Gasteiger partial charge is 0.348 e. The quantitative estimate of drug-likeness (QED) is 0.834. The third-order valence-corrected chi connectivity index (χ3v) is 2.57. The van der Waals surface area contributed by atoms with Crippen LogP contribution in [0.25, 0.3) is 11.4 Å². The van der Waals surface area contributed by atoms with Gasteiger partial charge in [0.2, 0.25) is 0 Å². The van der Waals surface area contributed by atoms with E-state index in [0.29, 0.717) is 11.1 Å². The summed E-state index contributed by atoms with van der Waals surface area (Å²) >= 11 is 0.868. The van der Waals surface area contributed by atoms with E-state index in [1.165, 1.54) is 18.6 Å². The second kappa shape index (κ2) is 4.04. The number of hydrogen-bond donors (Lipinski definition) is 1. The van der Waals surface area contributed by atoms with E-state index in [-0.39, 0.29) is 10.7 Å². The topological polar surface area (TPSA) is 99.8 Å². The van der Waals surface area contributed by atoms with Gasteiger partial charge in [-0.1, -0.05) is 0 Å². The van der Waals surface area contributed by atoms with Gasteiger partial charge in [-0.3, -0.25) is 0 Å². The van der Waals surface area contributed by atoms with Gasteiger partial charge in [0.15, 0.2) is 5.82 Å². The van der Waals surface area contributed by atoms with E-state index in [4.69, 9.17) is 10.4 Å². The fourth-order valence-corrected chi connectivity index (χ4v) is 1.66. The molecular weight excluding hydrogens is 228 g/mol. The van der Waals surface area contributed by atoms with Gasteiger partial charge in [0, 0.05) is 12.4 Å². The number of carboxylic acid groups (broad SMARTS) is 1. The Balaban J connectivity index is 2.47. The number of carboxylic acids is 1. The number of aromatic carboxylic acids is 1. The van der Waals surface area contributed by atoms with Crippen molar-refractivity contribution in [1.82, 2.24) is 14.3 Å². The lowest BCUT2D eigenvalue weighted by Gasteiger charge is -1.96. The van der Waals surface area contributed by atoms with Gasteiger partial charge in [-0.15, -0.1) is 0 Å². The molecule has 16 heavy (non-hydrogen) atoms. The molecule has 78 valence electrons. The van der Waals surface area contributed by atoms with E-state index in [0.717, 1.165) is 11.5 Å². The molecule has 1 N–H and O–H groups in total. The van der Waals surface area contributed by atoms with Crippen LogP contribution >= 0.6 is 11.5 Å². The summed E-state index contributed by atoms with van der Waals surface area (Å²) in [6, 6.07) is 1.88. The minimum Gasteiger partial charge on any atom is -0.477 e. The van der Waals surface area contributed by atoms with Crippen LogP contribution in [0.5, 0.6) is 0 Å². The van der Waals surface area contributed by atoms with Gasteiger partial charge in [-0.2, -0.15) is 9.64 Å². The van der Waals surface area contributed by atoms with Crippen molar-refractivity contribution in [1.29, 1.82) is 5.26 Å². The lowest BCUT2D eigenvalue weighted by molar-refractivity contribution is 0.0703. The first-order valence-corrected chi connectivity index (χ1v) is 4.90. The summed E-state index contributed by atoms with van der Waals surface area (Å²) in [4.78, 5) is 18.7. The number of rotatable bonds is 2. The van der Waals surface area contributed by atoms with E-state index in [1.54, 1.807) is 0 Å². The molecule has 0 aliphatic carbocycles. The van der Waals surface area contributed by atoms with Gasteiger partial charge in [0.25, 0.3) is 0 Å². The van der Waals surface area contributed by atoms with Crippen molar-refractivity contribution >= 4 is 17.5 Å². The highest BCUT2D eigenvalue weighted by atomic mass is 32.1. The normalized spacial score (nSPS) is 9.69. The molecule has 6 nitrogen and oxygen atoms in total. The van der Waals surface area contributed by atoms with Crippen LogP contribution in [0.4, 0.5) is 0 Å². The van der Waals surface area contributed by atoms with E-state index in [9.17, 15) is 4.79 Å². The second-order valence-corrected chi connectivity index (χ2v) is 3.58. The van der Waals surface area contributed by atoms with Gasteiger partial charge in [0.05, 0.1) is 17.3 Å². The van der Waals surface area contributed by atoms with Crippen LogP contribution in [0.15, 0.2) is 18.6 Å². The summed E-state index contributed by atoms with van der Waals surface area (Å²) in [6.07, 6.45) is 4.08. The fourth-order valence-electron chi connectivity index (χ4n) is 1.08. The lowest BCUT2D eigenvalue weighted by Crippen LogP contribution is -1.97. The number of carbonyl (C=O) groups is 1. The molecule has 0 spiro atoms. The minimum atomic E-state index is -1.06. The van der Waals surface area contributed by atoms with E-state index < -0.39 is 5.97 Å². The van der Waals surface area contributed by atoms with Crippen LogP contribution in [-0.2, 0) is 0 Å². The zero-order valence-electron chi connectivity index (χ0n) is 7.78. The molecule has 0 atom stereocenters. The zero-order valence-corrected chi connectivity index (χ0v) is 8.60. The maximum atomic E-state index is 10.8. The Kier molecular flexibility index (Phi) is 2.57. The van der Waals surface area contributed by atoms with Crippen molar-refractivity contribution < 1.29 is 9.90 Å². The predicted octanol–water partition coefficient (Wildman–Crippen LogP) is 1.17. The van der Waals surface area contributed by atoms with Crippen molar-refractivity contribution in [3.05, 3.63) is 29.0 Å². The molecule has 0 fully saturated rings. The maximum Gasteiger partial charge on any atom is 0.348 e. The van der Waals surface area contributed by atoms with Gasteiger partial charge < -0.3 is 5.11 Å². The van der Waals surface area contributed by atoms with Crippen LogP contribution in [0.3, 0.4) is 0 Å². The van der Waals surface area contributed by atoms with E-state index in [1.807, 2.05) is 6.07 Å². The Labute approximate surface area is 94.0 Å². The molecule has 2 aromatic rings. The van der Waals surface area contributed by atoms with E-state index in [2.05, 4.69) is 14.3 Å². The van der Waals surface area contributed by atoms with Crippen molar-refractivity contribution in [3.63, 3.8) is 0 Å². The molecule has 7 heteroatoms. The SMILES string of the molecule is N#Cc1cnc(-c2cnsc2C(=O)O)nc1. The first kappa shape index (κ1) is 10.2. The zero-order chi connectivity index (χ0) is 11.5. The Morgan fingerprint density at radius 3 is 2.62 bits per heavy atom. The molecule has 0 saturated heterocycles. The largest absolute Gasteiger partial charge is 0.477 e. The molecule has 0 aliphatic heterocycles. The Morgan fingerprint density at radius 2 is 2.06 bits per heavy atom. The van der Waals surface area contributed by atoms with Crippen LogP contribution in [-0.4, -0.2) is 25.4 Å². The highest BCUT2D eigenvalue weighted by Gasteiger charge is 2.16. The van der Waals surface area contributed by atoms with E-state index >= 15 is 0 Å². The van der Waals surface area contributed by atoms with Crippen molar-refractivity contribution in [3.8, 4) is 17.5 Å². The average molecular weight is 232 g/mol. The summed E-state index contributed by atoms with van der Waals surface area (Å²) in [5, 5.41) is 17.4. The monoisotopic (exact) mass is 232 g/mol. The molecule has 2 heterocycles. The van der Waals surface area contributed by atoms with Crippen molar-refractivity contribution in [2.24, 2.45) is 0 Å².